The molecule has 0 aliphatic carbocycles. The summed E-state index contributed by atoms with van der Waals surface area (Å²) in [5.74, 6) is -1.22. The third kappa shape index (κ3) is 4.27. The van der Waals surface area contributed by atoms with Crippen molar-refractivity contribution in [3.05, 3.63) is 27.7 Å². The highest BCUT2D eigenvalue weighted by Crippen LogP contribution is 2.26. The Labute approximate surface area is 126 Å². The van der Waals surface area contributed by atoms with Crippen molar-refractivity contribution in [3.8, 4) is 0 Å². The van der Waals surface area contributed by atoms with Crippen LogP contribution in [0.1, 0.15) is 29.8 Å². The van der Waals surface area contributed by atoms with E-state index in [-0.39, 0.29) is 17.0 Å². The Bertz CT molecular complexity index is 634. The van der Waals surface area contributed by atoms with Gasteiger partial charge in [0.05, 0.1) is 16.1 Å². The SMILES string of the molecule is Cc1c(Br)cc(C(=O)O)cc1S(=O)(=O)NCC(C)(C)O. The van der Waals surface area contributed by atoms with Crippen LogP contribution in [-0.4, -0.2) is 36.7 Å². The third-order valence-electron chi connectivity index (χ3n) is 2.53. The van der Waals surface area contributed by atoms with Crippen LogP contribution in [0.25, 0.3) is 0 Å². The van der Waals surface area contributed by atoms with Gasteiger partial charge < -0.3 is 10.2 Å². The summed E-state index contributed by atoms with van der Waals surface area (Å²) in [5.41, 5.74) is -0.938. The summed E-state index contributed by atoms with van der Waals surface area (Å²) < 4.78 is 27.0. The quantitative estimate of drug-likeness (QED) is 0.733. The molecule has 0 aromatic heterocycles. The summed E-state index contributed by atoms with van der Waals surface area (Å²) in [6, 6.07) is 2.43. The molecule has 0 aliphatic heterocycles. The van der Waals surface area contributed by atoms with Crippen molar-refractivity contribution in [2.45, 2.75) is 31.3 Å². The molecule has 0 heterocycles. The molecule has 1 rings (SSSR count). The minimum Gasteiger partial charge on any atom is -0.478 e. The molecule has 0 unspecified atom stereocenters. The first-order valence-corrected chi connectivity index (χ1v) is 7.97. The van der Waals surface area contributed by atoms with Crippen LogP contribution in [0.3, 0.4) is 0 Å². The van der Waals surface area contributed by atoms with Crippen molar-refractivity contribution < 1.29 is 23.4 Å². The Morgan fingerprint density at radius 1 is 1.40 bits per heavy atom. The van der Waals surface area contributed by atoms with Crippen LogP contribution in [-0.2, 0) is 10.0 Å². The van der Waals surface area contributed by atoms with Crippen LogP contribution in [0.5, 0.6) is 0 Å². The molecule has 0 aliphatic rings. The zero-order valence-corrected chi connectivity index (χ0v) is 13.7. The average molecular weight is 366 g/mol. The van der Waals surface area contributed by atoms with Gasteiger partial charge in [-0.3, -0.25) is 0 Å². The van der Waals surface area contributed by atoms with Crippen molar-refractivity contribution in [2.24, 2.45) is 0 Å². The molecular weight excluding hydrogens is 350 g/mol. The topological polar surface area (TPSA) is 104 Å². The summed E-state index contributed by atoms with van der Waals surface area (Å²) in [7, 11) is -3.91. The maximum absolute atomic E-state index is 12.2. The van der Waals surface area contributed by atoms with Crippen molar-refractivity contribution in [1.29, 1.82) is 0 Å². The second-order valence-electron chi connectivity index (χ2n) is 5.02. The van der Waals surface area contributed by atoms with E-state index < -0.39 is 21.6 Å². The zero-order chi connectivity index (χ0) is 15.7. The minimum absolute atomic E-state index is 0.131. The van der Waals surface area contributed by atoms with Crippen molar-refractivity contribution >= 4 is 31.9 Å². The molecule has 0 saturated carbocycles. The van der Waals surface area contributed by atoms with Gasteiger partial charge in [0.2, 0.25) is 10.0 Å². The summed E-state index contributed by atoms with van der Waals surface area (Å²) >= 11 is 3.14. The van der Waals surface area contributed by atoms with Gasteiger partial charge >= 0.3 is 5.97 Å². The fourth-order valence-electron chi connectivity index (χ4n) is 1.41. The molecule has 8 heteroatoms. The molecule has 0 atom stereocenters. The van der Waals surface area contributed by atoms with Gasteiger partial charge in [-0.2, -0.15) is 0 Å². The molecule has 0 amide bonds. The number of carboxylic acids is 1. The summed E-state index contributed by atoms with van der Waals surface area (Å²) in [6.07, 6.45) is 0. The third-order valence-corrected chi connectivity index (χ3v) is 4.88. The van der Waals surface area contributed by atoms with Crippen LogP contribution in [0.4, 0.5) is 0 Å². The van der Waals surface area contributed by atoms with Gasteiger partial charge in [-0.05, 0) is 38.5 Å². The van der Waals surface area contributed by atoms with E-state index in [2.05, 4.69) is 20.7 Å². The predicted molar refractivity (Wildman–Crippen MR) is 77.3 cm³/mol. The Balaban J connectivity index is 3.27. The van der Waals surface area contributed by atoms with Gasteiger partial charge in [0.25, 0.3) is 0 Å². The molecule has 0 spiro atoms. The molecule has 0 radical (unpaired) electrons. The average Bonchev–Trinajstić information content (AvgIpc) is 2.28. The zero-order valence-electron chi connectivity index (χ0n) is 11.3. The first-order valence-electron chi connectivity index (χ1n) is 5.69. The van der Waals surface area contributed by atoms with E-state index in [1.54, 1.807) is 6.92 Å². The van der Waals surface area contributed by atoms with Crippen molar-refractivity contribution in [2.75, 3.05) is 6.54 Å². The van der Waals surface area contributed by atoms with E-state index in [9.17, 15) is 18.3 Å². The number of carbonyl (C=O) groups is 1. The summed E-state index contributed by atoms with van der Waals surface area (Å²) in [5, 5.41) is 18.5. The van der Waals surface area contributed by atoms with Crippen molar-refractivity contribution in [1.82, 2.24) is 4.72 Å². The largest absolute Gasteiger partial charge is 0.478 e. The maximum Gasteiger partial charge on any atom is 0.335 e. The smallest absolute Gasteiger partial charge is 0.335 e. The first kappa shape index (κ1) is 17.1. The van der Waals surface area contributed by atoms with Gasteiger partial charge in [-0.15, -0.1) is 0 Å². The van der Waals surface area contributed by atoms with Gasteiger partial charge in [-0.1, -0.05) is 15.9 Å². The van der Waals surface area contributed by atoms with Crippen LogP contribution < -0.4 is 4.72 Å². The number of hydrogen-bond donors (Lipinski definition) is 3. The lowest BCUT2D eigenvalue weighted by Gasteiger charge is -2.18. The normalized spacial score (nSPS) is 12.4. The fraction of sp³-hybridized carbons (Fsp3) is 0.417. The van der Waals surface area contributed by atoms with Crippen LogP contribution in [0, 0.1) is 6.92 Å². The molecule has 112 valence electrons. The maximum atomic E-state index is 12.2. The summed E-state index contributed by atoms with van der Waals surface area (Å²) in [4.78, 5) is 10.9. The lowest BCUT2D eigenvalue weighted by atomic mass is 10.1. The fourth-order valence-corrected chi connectivity index (χ4v) is 3.49. The van der Waals surface area contributed by atoms with E-state index in [0.29, 0.717) is 10.0 Å². The predicted octanol–water partition coefficient (Wildman–Crippen LogP) is 1.50. The van der Waals surface area contributed by atoms with Gasteiger partial charge in [0.1, 0.15) is 0 Å². The van der Waals surface area contributed by atoms with E-state index in [1.807, 2.05) is 0 Å². The second-order valence-corrected chi connectivity index (χ2v) is 7.61. The van der Waals surface area contributed by atoms with Gasteiger partial charge in [0.15, 0.2) is 0 Å². The second kappa shape index (κ2) is 5.80. The van der Waals surface area contributed by atoms with Gasteiger partial charge in [-0.25, -0.2) is 17.9 Å². The highest BCUT2D eigenvalue weighted by atomic mass is 79.9. The Hall–Kier alpha value is -0.960. The number of aromatic carboxylic acids is 1. The number of rotatable bonds is 5. The highest BCUT2D eigenvalue weighted by molar-refractivity contribution is 9.10. The number of halogens is 1. The number of hydrogen-bond acceptors (Lipinski definition) is 4. The van der Waals surface area contributed by atoms with Crippen molar-refractivity contribution in [3.63, 3.8) is 0 Å². The number of nitrogens with one attached hydrogen (secondary N) is 1. The van der Waals surface area contributed by atoms with E-state index in [1.165, 1.54) is 19.9 Å². The number of benzene rings is 1. The highest BCUT2D eigenvalue weighted by Gasteiger charge is 2.23. The summed E-state index contributed by atoms with van der Waals surface area (Å²) in [6.45, 7) is 4.32. The standard InChI is InChI=1S/C12H16BrNO5S/c1-7-9(13)4-8(11(15)16)5-10(7)20(18,19)14-6-12(2,3)17/h4-5,14,17H,6H2,1-3H3,(H,15,16). The Morgan fingerprint density at radius 3 is 2.40 bits per heavy atom. The molecule has 0 fully saturated rings. The molecule has 1 aromatic carbocycles. The van der Waals surface area contributed by atoms with Crippen LogP contribution >= 0.6 is 15.9 Å². The number of sulfonamides is 1. The van der Waals surface area contributed by atoms with Gasteiger partial charge in [0, 0.05) is 11.0 Å². The van der Waals surface area contributed by atoms with Crippen LogP contribution in [0.15, 0.2) is 21.5 Å². The van der Waals surface area contributed by atoms with Crippen LogP contribution in [0.2, 0.25) is 0 Å². The lowest BCUT2D eigenvalue weighted by molar-refractivity contribution is 0.0696. The molecule has 0 saturated heterocycles. The van der Waals surface area contributed by atoms with E-state index in [4.69, 9.17) is 5.11 Å². The molecule has 20 heavy (non-hydrogen) atoms. The number of carboxylic acid groups (broad SMARTS) is 1. The Kier molecular flexibility index (Phi) is 4.96. The number of aliphatic hydroxyl groups is 1. The molecule has 6 nitrogen and oxygen atoms in total. The first-order chi connectivity index (χ1) is 8.94. The monoisotopic (exact) mass is 365 g/mol. The molecule has 0 bridgehead atoms. The Morgan fingerprint density at radius 2 is 1.95 bits per heavy atom. The molecule has 3 N–H and O–H groups in total. The van der Waals surface area contributed by atoms with E-state index in [0.717, 1.165) is 6.07 Å². The molecular formula is C12H16BrNO5S. The van der Waals surface area contributed by atoms with E-state index >= 15 is 0 Å². The lowest BCUT2D eigenvalue weighted by Crippen LogP contribution is -2.38. The minimum atomic E-state index is -3.91. The molecule has 1 aromatic rings.